The summed E-state index contributed by atoms with van der Waals surface area (Å²) in [6.45, 7) is 6.41. The maximum atomic E-state index is 3.85. The highest BCUT2D eigenvalue weighted by Gasteiger charge is 2.56. The maximum Gasteiger partial charge on any atom is 0.0124 e. The first-order valence-electron chi connectivity index (χ1n) is 8.55. The van der Waals surface area contributed by atoms with Gasteiger partial charge in [-0.1, -0.05) is 26.0 Å². The van der Waals surface area contributed by atoms with Crippen LogP contribution in [0, 0.1) is 28.6 Å². The van der Waals surface area contributed by atoms with Gasteiger partial charge in [0.15, 0.2) is 0 Å². The summed E-state index contributed by atoms with van der Waals surface area (Å²) in [5.41, 5.74) is 1.15. The number of hydrogen-bond acceptors (Lipinski definition) is 1. The molecule has 1 heteroatoms. The van der Waals surface area contributed by atoms with Gasteiger partial charge < -0.3 is 5.32 Å². The molecule has 0 aromatic heterocycles. The highest BCUT2D eigenvalue weighted by atomic mass is 15.0. The van der Waals surface area contributed by atoms with Gasteiger partial charge in [0.25, 0.3) is 0 Å². The first-order chi connectivity index (χ1) is 9.13. The summed E-state index contributed by atoms with van der Waals surface area (Å²) < 4.78 is 0. The molecule has 19 heavy (non-hydrogen) atoms. The minimum atomic E-state index is 0.548. The minimum Gasteiger partial charge on any atom is -0.313 e. The molecule has 0 spiro atoms. The predicted molar refractivity (Wildman–Crippen MR) is 79.9 cm³/mol. The molecule has 1 N–H and O–H groups in total. The van der Waals surface area contributed by atoms with E-state index in [-0.39, 0.29) is 0 Å². The summed E-state index contributed by atoms with van der Waals surface area (Å²) in [6.07, 6.45) is 15.1. The number of rotatable bonds is 0. The van der Waals surface area contributed by atoms with Gasteiger partial charge in [-0.3, -0.25) is 0 Å². The molecule has 1 nitrogen and oxygen atoms in total. The van der Waals surface area contributed by atoms with Crippen molar-refractivity contribution in [3.05, 3.63) is 12.2 Å². The minimum absolute atomic E-state index is 0.548. The van der Waals surface area contributed by atoms with E-state index in [2.05, 4.69) is 31.3 Å². The molecule has 0 aromatic rings. The van der Waals surface area contributed by atoms with E-state index in [9.17, 15) is 0 Å². The fourth-order valence-corrected chi connectivity index (χ4v) is 6.38. The van der Waals surface area contributed by atoms with E-state index in [4.69, 9.17) is 0 Å². The van der Waals surface area contributed by atoms with E-state index >= 15 is 0 Å². The fourth-order valence-electron chi connectivity index (χ4n) is 6.38. The molecule has 3 aliphatic carbocycles. The third kappa shape index (κ3) is 1.63. The Morgan fingerprint density at radius 3 is 2.84 bits per heavy atom. The summed E-state index contributed by atoms with van der Waals surface area (Å²) in [5.74, 6) is 2.97. The Morgan fingerprint density at radius 2 is 1.95 bits per heavy atom. The van der Waals surface area contributed by atoms with Crippen LogP contribution >= 0.6 is 0 Å². The van der Waals surface area contributed by atoms with Crippen molar-refractivity contribution in [1.82, 2.24) is 5.32 Å². The molecule has 1 heterocycles. The molecule has 2 saturated carbocycles. The zero-order valence-corrected chi connectivity index (χ0v) is 12.6. The van der Waals surface area contributed by atoms with Crippen molar-refractivity contribution < 1.29 is 0 Å². The highest BCUT2D eigenvalue weighted by molar-refractivity contribution is 5.16. The SMILES string of the molecule is C[C@@]12C=CC[C@H]1[C@@H]1CCC3NCCC[C@]3(C)[C@H]1CC2. The number of nitrogens with one attached hydrogen (secondary N) is 1. The smallest absolute Gasteiger partial charge is 0.0124 e. The molecule has 1 aliphatic heterocycles. The van der Waals surface area contributed by atoms with Crippen molar-refractivity contribution in [2.45, 2.75) is 64.8 Å². The monoisotopic (exact) mass is 259 g/mol. The van der Waals surface area contributed by atoms with Gasteiger partial charge in [0.05, 0.1) is 0 Å². The normalized spacial score (nSPS) is 56.3. The molecular formula is C18H29N. The first kappa shape index (κ1) is 12.4. The van der Waals surface area contributed by atoms with Crippen LogP contribution in [-0.2, 0) is 0 Å². The van der Waals surface area contributed by atoms with Crippen LogP contribution in [0.4, 0.5) is 0 Å². The summed E-state index contributed by atoms with van der Waals surface area (Å²) in [5, 5.41) is 3.85. The van der Waals surface area contributed by atoms with Crippen molar-refractivity contribution in [2.75, 3.05) is 6.54 Å². The van der Waals surface area contributed by atoms with Crippen LogP contribution < -0.4 is 5.32 Å². The number of hydrogen-bond donors (Lipinski definition) is 1. The molecule has 106 valence electrons. The molecule has 1 unspecified atom stereocenters. The van der Waals surface area contributed by atoms with E-state index in [0.29, 0.717) is 10.8 Å². The molecular weight excluding hydrogens is 230 g/mol. The van der Waals surface area contributed by atoms with E-state index < -0.39 is 0 Å². The quantitative estimate of drug-likeness (QED) is 0.645. The lowest BCUT2D eigenvalue weighted by Gasteiger charge is -2.59. The van der Waals surface area contributed by atoms with Crippen molar-refractivity contribution in [1.29, 1.82) is 0 Å². The standard InChI is InChI=1S/C18H29N/c1-17-9-3-5-14(17)13-6-7-16-18(2,10-4-12-19-16)15(13)8-11-17/h3,9,13-16,19H,4-8,10-12H2,1-2H3/t13-,14-,15-,16?,17-,18+/m0/s1. The van der Waals surface area contributed by atoms with Crippen LogP contribution in [-0.4, -0.2) is 12.6 Å². The van der Waals surface area contributed by atoms with Gasteiger partial charge in [-0.25, -0.2) is 0 Å². The van der Waals surface area contributed by atoms with Gasteiger partial charge in [-0.2, -0.15) is 0 Å². The van der Waals surface area contributed by atoms with Gasteiger partial charge in [0.1, 0.15) is 0 Å². The van der Waals surface area contributed by atoms with Crippen LogP contribution in [0.5, 0.6) is 0 Å². The molecule has 0 amide bonds. The van der Waals surface area contributed by atoms with Gasteiger partial charge in [-0.05, 0) is 80.1 Å². The lowest BCUT2D eigenvalue weighted by Crippen LogP contribution is -2.59. The lowest BCUT2D eigenvalue weighted by molar-refractivity contribution is -0.0778. The summed E-state index contributed by atoms with van der Waals surface area (Å²) in [7, 11) is 0. The topological polar surface area (TPSA) is 12.0 Å². The van der Waals surface area contributed by atoms with Crippen molar-refractivity contribution >= 4 is 0 Å². The zero-order valence-electron chi connectivity index (χ0n) is 12.6. The molecule has 4 aliphatic rings. The fraction of sp³-hybridized carbons (Fsp3) is 0.889. The van der Waals surface area contributed by atoms with Crippen molar-refractivity contribution in [3.63, 3.8) is 0 Å². The van der Waals surface area contributed by atoms with Gasteiger partial charge in [0.2, 0.25) is 0 Å². The molecule has 0 aromatic carbocycles. The average molecular weight is 259 g/mol. The summed E-state index contributed by atoms with van der Waals surface area (Å²) in [6, 6.07) is 0.821. The largest absolute Gasteiger partial charge is 0.313 e. The Morgan fingerprint density at radius 1 is 1.05 bits per heavy atom. The number of piperidine rings is 1. The predicted octanol–water partition coefficient (Wildman–Crippen LogP) is 4.15. The van der Waals surface area contributed by atoms with Crippen LogP contribution in [0.25, 0.3) is 0 Å². The van der Waals surface area contributed by atoms with E-state index in [1.54, 1.807) is 0 Å². The third-order valence-electron chi connectivity index (χ3n) is 7.48. The Labute approximate surface area is 118 Å². The van der Waals surface area contributed by atoms with Gasteiger partial charge in [0, 0.05) is 6.04 Å². The van der Waals surface area contributed by atoms with Gasteiger partial charge >= 0.3 is 0 Å². The summed E-state index contributed by atoms with van der Waals surface area (Å²) in [4.78, 5) is 0. The molecule has 6 atom stereocenters. The second-order valence-corrected chi connectivity index (χ2v) is 8.25. The Kier molecular flexibility index (Phi) is 2.68. The second kappa shape index (κ2) is 4.10. The number of fused-ring (bicyclic) bond motifs is 5. The molecule has 1 saturated heterocycles. The molecule has 4 rings (SSSR count). The Balaban J connectivity index is 1.65. The van der Waals surface area contributed by atoms with Crippen molar-refractivity contribution in [3.8, 4) is 0 Å². The van der Waals surface area contributed by atoms with Crippen LogP contribution in [0.2, 0.25) is 0 Å². The first-order valence-corrected chi connectivity index (χ1v) is 8.55. The van der Waals surface area contributed by atoms with Gasteiger partial charge in [-0.15, -0.1) is 0 Å². The Hall–Kier alpha value is -0.300. The van der Waals surface area contributed by atoms with Crippen LogP contribution in [0.1, 0.15) is 58.8 Å². The second-order valence-electron chi connectivity index (χ2n) is 8.25. The Bertz CT molecular complexity index is 400. The maximum absolute atomic E-state index is 3.85. The molecule has 3 fully saturated rings. The molecule has 0 radical (unpaired) electrons. The summed E-state index contributed by atoms with van der Waals surface area (Å²) >= 11 is 0. The zero-order chi connectivity index (χ0) is 13.1. The highest BCUT2D eigenvalue weighted by Crippen LogP contribution is 2.62. The van der Waals surface area contributed by atoms with Crippen molar-refractivity contribution in [2.24, 2.45) is 28.6 Å². The number of allylic oxidation sites excluding steroid dienone is 2. The molecule has 0 bridgehead atoms. The lowest BCUT2D eigenvalue weighted by atomic mass is 9.48. The van der Waals surface area contributed by atoms with E-state index in [0.717, 1.165) is 23.8 Å². The van der Waals surface area contributed by atoms with E-state index in [1.807, 2.05) is 0 Å². The third-order valence-corrected chi connectivity index (χ3v) is 7.48. The van der Waals surface area contributed by atoms with E-state index in [1.165, 1.54) is 51.5 Å². The van der Waals surface area contributed by atoms with Crippen LogP contribution in [0.3, 0.4) is 0 Å². The average Bonchev–Trinajstić information content (AvgIpc) is 2.79. The van der Waals surface area contributed by atoms with Crippen LogP contribution in [0.15, 0.2) is 12.2 Å².